The molecule has 0 saturated carbocycles. The number of anilines is 1. The number of hydrogen-bond donors (Lipinski definition) is 1. The van der Waals surface area contributed by atoms with Crippen LogP contribution in [0.1, 0.15) is 30.0 Å². The van der Waals surface area contributed by atoms with Gasteiger partial charge in [-0.1, -0.05) is 42.8 Å². The molecule has 0 fully saturated rings. The topological polar surface area (TPSA) is 86.8 Å². The Labute approximate surface area is 230 Å². The maximum Gasteiger partial charge on any atom is 0.416 e. The highest BCUT2D eigenvalue weighted by atomic mass is 32.2. The number of amides is 2. The lowest BCUT2D eigenvalue weighted by Gasteiger charge is -2.33. The first-order valence-corrected chi connectivity index (χ1v) is 13.7. The van der Waals surface area contributed by atoms with Crippen LogP contribution in [-0.4, -0.2) is 44.8 Å². The number of hydrogen-bond acceptors (Lipinski definition) is 4. The molecule has 0 aromatic heterocycles. The van der Waals surface area contributed by atoms with Gasteiger partial charge in [0.1, 0.15) is 18.4 Å². The normalized spacial score (nSPS) is 12.5. The zero-order valence-electron chi connectivity index (χ0n) is 22.1. The number of aryl methyl sites for hydroxylation is 1. The maximum atomic E-state index is 13.8. The molecule has 0 radical (unpaired) electrons. The molecule has 0 aliphatic heterocycles. The summed E-state index contributed by atoms with van der Waals surface area (Å²) in [4.78, 5) is 27.4. The van der Waals surface area contributed by atoms with E-state index >= 15 is 0 Å². The van der Waals surface area contributed by atoms with Crippen molar-refractivity contribution in [3.05, 3.63) is 95.3 Å². The minimum atomic E-state index is -4.76. The zero-order chi connectivity index (χ0) is 29.7. The van der Waals surface area contributed by atoms with Crippen molar-refractivity contribution < 1.29 is 35.6 Å². The molecule has 0 spiro atoms. The second-order valence-electron chi connectivity index (χ2n) is 9.06. The first kappa shape index (κ1) is 30.6. The van der Waals surface area contributed by atoms with Crippen LogP contribution in [0.3, 0.4) is 0 Å². The molecule has 0 saturated heterocycles. The third-order valence-corrected chi connectivity index (χ3v) is 8.04. The summed E-state index contributed by atoms with van der Waals surface area (Å²) in [6.45, 7) is 2.32. The lowest BCUT2D eigenvalue weighted by atomic mass is 10.1. The fourth-order valence-electron chi connectivity index (χ4n) is 4.08. The Kier molecular flexibility index (Phi) is 9.56. The van der Waals surface area contributed by atoms with Gasteiger partial charge in [0, 0.05) is 13.6 Å². The molecule has 3 aromatic rings. The van der Waals surface area contributed by atoms with Gasteiger partial charge in [-0.25, -0.2) is 12.8 Å². The van der Waals surface area contributed by atoms with Gasteiger partial charge in [-0.05, 0) is 61.4 Å². The molecule has 2 amide bonds. The number of benzene rings is 3. The van der Waals surface area contributed by atoms with Gasteiger partial charge in [-0.15, -0.1) is 0 Å². The number of likely N-dealkylation sites (N-methyl/N-ethyl adjacent to an activating group) is 1. The van der Waals surface area contributed by atoms with Gasteiger partial charge in [0.15, 0.2) is 0 Å². The molecule has 3 rings (SSSR count). The van der Waals surface area contributed by atoms with Crippen LogP contribution in [0.5, 0.6) is 0 Å². The van der Waals surface area contributed by atoms with Gasteiger partial charge < -0.3 is 10.2 Å². The van der Waals surface area contributed by atoms with Crippen molar-refractivity contribution in [3.8, 4) is 0 Å². The highest BCUT2D eigenvalue weighted by Gasteiger charge is 2.35. The van der Waals surface area contributed by atoms with Crippen LogP contribution in [0.4, 0.5) is 23.2 Å². The summed E-state index contributed by atoms with van der Waals surface area (Å²) in [5.41, 5.74) is -0.258. The van der Waals surface area contributed by atoms with E-state index in [0.717, 1.165) is 28.7 Å². The first-order chi connectivity index (χ1) is 18.8. The quantitative estimate of drug-likeness (QED) is 0.346. The van der Waals surface area contributed by atoms with Crippen molar-refractivity contribution >= 4 is 27.5 Å². The first-order valence-electron chi connectivity index (χ1n) is 12.3. The molecule has 214 valence electrons. The lowest BCUT2D eigenvalue weighted by Crippen LogP contribution is -2.51. The van der Waals surface area contributed by atoms with E-state index in [1.54, 1.807) is 13.8 Å². The molecule has 1 N–H and O–H groups in total. The predicted molar refractivity (Wildman–Crippen MR) is 142 cm³/mol. The monoisotopic (exact) mass is 579 g/mol. The van der Waals surface area contributed by atoms with Crippen molar-refractivity contribution in [3.63, 3.8) is 0 Å². The molecular formula is C28H29F4N3O4S. The smallest absolute Gasteiger partial charge is 0.357 e. The number of sulfonamides is 1. The second kappa shape index (κ2) is 12.5. The lowest BCUT2D eigenvalue weighted by molar-refractivity contribution is -0.140. The number of nitrogens with zero attached hydrogens (tertiary/aromatic N) is 2. The molecular weight excluding hydrogens is 550 g/mol. The van der Waals surface area contributed by atoms with E-state index < -0.39 is 52.0 Å². The van der Waals surface area contributed by atoms with Crippen LogP contribution in [-0.2, 0) is 32.3 Å². The summed E-state index contributed by atoms with van der Waals surface area (Å²) in [7, 11) is -3.15. The molecule has 0 heterocycles. The van der Waals surface area contributed by atoms with Crippen molar-refractivity contribution in [2.45, 2.75) is 43.9 Å². The van der Waals surface area contributed by atoms with Crippen molar-refractivity contribution in [1.82, 2.24) is 10.2 Å². The van der Waals surface area contributed by atoms with E-state index in [2.05, 4.69) is 5.32 Å². The molecule has 1 atom stereocenters. The third-order valence-electron chi connectivity index (χ3n) is 6.25. The number of alkyl halides is 3. The van der Waals surface area contributed by atoms with Gasteiger partial charge >= 0.3 is 6.18 Å². The van der Waals surface area contributed by atoms with Crippen LogP contribution >= 0.6 is 0 Å². The SMILES string of the molecule is CCC(C(=O)NC)N(Cc1ccc(F)cc1)C(=O)CN(c1cccc(C(F)(F)F)c1)S(=O)(=O)c1ccc(C)cc1. The van der Waals surface area contributed by atoms with Crippen molar-refractivity contribution in [2.75, 3.05) is 17.9 Å². The minimum Gasteiger partial charge on any atom is -0.357 e. The summed E-state index contributed by atoms with van der Waals surface area (Å²) in [6, 6.07) is 13.5. The second-order valence-corrected chi connectivity index (χ2v) is 10.9. The van der Waals surface area contributed by atoms with Crippen molar-refractivity contribution in [2.24, 2.45) is 0 Å². The van der Waals surface area contributed by atoms with E-state index in [0.29, 0.717) is 15.9 Å². The summed E-state index contributed by atoms with van der Waals surface area (Å²) >= 11 is 0. The van der Waals surface area contributed by atoms with Gasteiger partial charge in [-0.2, -0.15) is 13.2 Å². The third kappa shape index (κ3) is 7.17. The molecule has 0 aliphatic carbocycles. The Hall–Kier alpha value is -3.93. The fraction of sp³-hybridized carbons (Fsp3) is 0.286. The van der Waals surface area contributed by atoms with Crippen LogP contribution < -0.4 is 9.62 Å². The summed E-state index contributed by atoms with van der Waals surface area (Å²) in [5, 5.41) is 2.47. The minimum absolute atomic E-state index is 0.154. The van der Waals surface area contributed by atoms with E-state index in [-0.39, 0.29) is 23.5 Å². The molecule has 3 aromatic carbocycles. The van der Waals surface area contributed by atoms with Crippen LogP contribution in [0.15, 0.2) is 77.7 Å². The Morgan fingerprint density at radius 1 is 0.975 bits per heavy atom. The Balaban J connectivity index is 2.11. The molecule has 1 unspecified atom stereocenters. The number of carbonyl (C=O) groups is 2. The summed E-state index contributed by atoms with van der Waals surface area (Å²) in [5.74, 6) is -1.88. The van der Waals surface area contributed by atoms with Gasteiger partial charge in [-0.3, -0.25) is 13.9 Å². The van der Waals surface area contributed by atoms with Crippen LogP contribution in [0, 0.1) is 12.7 Å². The molecule has 12 heteroatoms. The molecule has 40 heavy (non-hydrogen) atoms. The highest BCUT2D eigenvalue weighted by molar-refractivity contribution is 7.92. The van der Waals surface area contributed by atoms with Gasteiger partial charge in [0.25, 0.3) is 10.0 Å². The fourth-order valence-corrected chi connectivity index (χ4v) is 5.48. The van der Waals surface area contributed by atoms with Crippen LogP contribution in [0.25, 0.3) is 0 Å². The Morgan fingerprint density at radius 3 is 2.15 bits per heavy atom. The highest BCUT2D eigenvalue weighted by Crippen LogP contribution is 2.33. The molecule has 0 aliphatic rings. The molecule has 7 nitrogen and oxygen atoms in total. The standard InChI is InChI=1S/C28H29F4N3O4S/c1-4-25(27(37)33-3)34(17-20-10-12-22(29)13-11-20)26(36)18-35(23-7-5-6-21(16-23)28(30,31)32)40(38,39)24-14-8-19(2)9-15-24/h5-16,25H,4,17-18H2,1-3H3,(H,33,37). The van der Waals surface area contributed by atoms with Gasteiger partial charge in [0.2, 0.25) is 11.8 Å². The van der Waals surface area contributed by atoms with Crippen LogP contribution in [0.2, 0.25) is 0 Å². The summed E-state index contributed by atoms with van der Waals surface area (Å²) < 4.78 is 82.1. The largest absolute Gasteiger partial charge is 0.416 e. The van der Waals surface area contributed by atoms with E-state index in [1.165, 1.54) is 55.6 Å². The van der Waals surface area contributed by atoms with E-state index in [9.17, 15) is 35.6 Å². The number of nitrogens with one attached hydrogen (secondary N) is 1. The number of rotatable bonds is 10. The van der Waals surface area contributed by atoms with E-state index in [4.69, 9.17) is 0 Å². The Morgan fingerprint density at radius 2 is 1.60 bits per heavy atom. The molecule has 0 bridgehead atoms. The summed E-state index contributed by atoms with van der Waals surface area (Å²) in [6.07, 6.45) is -4.61. The number of halogens is 4. The zero-order valence-corrected chi connectivity index (χ0v) is 22.9. The van der Waals surface area contributed by atoms with Gasteiger partial charge in [0.05, 0.1) is 16.1 Å². The average Bonchev–Trinajstić information content (AvgIpc) is 2.92. The van der Waals surface area contributed by atoms with Crippen molar-refractivity contribution in [1.29, 1.82) is 0 Å². The predicted octanol–water partition coefficient (Wildman–Crippen LogP) is 4.90. The maximum absolute atomic E-state index is 13.8. The Bertz CT molecular complexity index is 1440. The average molecular weight is 580 g/mol. The van der Waals surface area contributed by atoms with E-state index in [1.807, 2.05) is 0 Å². The number of carbonyl (C=O) groups excluding carboxylic acids is 2.